The van der Waals surface area contributed by atoms with Crippen LogP contribution < -0.4 is 5.84 Å². The minimum absolute atomic E-state index is 0.176. The third-order valence-corrected chi connectivity index (χ3v) is 2.73. The van der Waals surface area contributed by atoms with Crippen molar-refractivity contribution in [3.05, 3.63) is 47.8 Å². The van der Waals surface area contributed by atoms with Gasteiger partial charge in [-0.1, -0.05) is 18.2 Å². The van der Waals surface area contributed by atoms with Crippen LogP contribution in [-0.2, 0) is 0 Å². The minimum atomic E-state index is -0.258. The van der Waals surface area contributed by atoms with Gasteiger partial charge in [-0.25, -0.2) is 4.39 Å². The largest absolute Gasteiger partial charge is 0.323 e. The maximum absolute atomic E-state index is 13.2. The average molecular weight is 257 g/mol. The number of nitrogens with zero attached hydrogens (tertiary/aromatic N) is 2. The molecular weight excluding hydrogens is 241 g/mol. The lowest BCUT2D eigenvalue weighted by atomic mass is 10.0. The predicted octanol–water partition coefficient (Wildman–Crippen LogP) is 3.12. The number of benzene rings is 2. The van der Waals surface area contributed by atoms with Gasteiger partial charge in [-0.2, -0.15) is 5.10 Å². The topological polar surface area (TPSA) is 50.7 Å². The van der Waals surface area contributed by atoms with Crippen LogP contribution in [-0.4, -0.2) is 18.0 Å². The number of nitrogens with two attached hydrogens (primary N) is 1. The van der Waals surface area contributed by atoms with Crippen LogP contribution in [0.25, 0.3) is 10.8 Å². The molecule has 0 atom stereocenters. The van der Waals surface area contributed by atoms with E-state index in [4.69, 9.17) is 5.84 Å². The van der Waals surface area contributed by atoms with Crippen LogP contribution in [0.4, 0.5) is 4.39 Å². The standard InChI is InChI=1S/C15H16FN3/c1-10(2)18-9-15(19-17)12-4-3-11-5-6-14(16)8-13(11)7-12/h3-10H,17H2,1-2H3/b18-9?,19-15+. The number of aliphatic imine (C=N–C) groups is 1. The first-order valence-corrected chi connectivity index (χ1v) is 6.11. The normalized spacial score (nSPS) is 12.7. The van der Waals surface area contributed by atoms with E-state index in [2.05, 4.69) is 10.1 Å². The van der Waals surface area contributed by atoms with E-state index < -0.39 is 0 Å². The molecule has 0 heterocycles. The number of fused-ring (bicyclic) bond motifs is 1. The van der Waals surface area contributed by atoms with Crippen LogP contribution in [0.2, 0.25) is 0 Å². The summed E-state index contributed by atoms with van der Waals surface area (Å²) in [5, 5.41) is 5.52. The van der Waals surface area contributed by atoms with Crippen LogP contribution in [0.3, 0.4) is 0 Å². The number of hydrogen-bond donors (Lipinski definition) is 1. The molecule has 4 heteroatoms. The Morgan fingerprint density at radius 2 is 1.89 bits per heavy atom. The first-order valence-electron chi connectivity index (χ1n) is 6.11. The molecule has 0 saturated heterocycles. The molecule has 0 aliphatic carbocycles. The maximum Gasteiger partial charge on any atom is 0.123 e. The van der Waals surface area contributed by atoms with E-state index in [-0.39, 0.29) is 11.9 Å². The van der Waals surface area contributed by atoms with Crippen molar-refractivity contribution in [1.82, 2.24) is 0 Å². The molecule has 0 aliphatic rings. The van der Waals surface area contributed by atoms with Crippen molar-refractivity contribution in [2.24, 2.45) is 15.9 Å². The van der Waals surface area contributed by atoms with Gasteiger partial charge in [0.05, 0.1) is 0 Å². The Labute approximate surface area is 111 Å². The predicted molar refractivity (Wildman–Crippen MR) is 78.3 cm³/mol. The van der Waals surface area contributed by atoms with Crippen molar-refractivity contribution >= 4 is 22.7 Å². The van der Waals surface area contributed by atoms with Gasteiger partial charge >= 0.3 is 0 Å². The Hall–Kier alpha value is -2.23. The van der Waals surface area contributed by atoms with E-state index in [0.717, 1.165) is 16.3 Å². The van der Waals surface area contributed by atoms with Gasteiger partial charge in [0.25, 0.3) is 0 Å². The van der Waals surface area contributed by atoms with Gasteiger partial charge in [0.2, 0.25) is 0 Å². The molecule has 0 amide bonds. The number of hydrogen-bond acceptors (Lipinski definition) is 3. The highest BCUT2D eigenvalue weighted by atomic mass is 19.1. The summed E-state index contributed by atoms with van der Waals surface area (Å²) in [6, 6.07) is 10.5. The fraction of sp³-hybridized carbons (Fsp3) is 0.200. The molecule has 2 aromatic rings. The second-order valence-corrected chi connectivity index (χ2v) is 4.59. The molecule has 19 heavy (non-hydrogen) atoms. The Balaban J connectivity index is 2.44. The second kappa shape index (κ2) is 5.61. The summed E-state index contributed by atoms with van der Waals surface area (Å²) >= 11 is 0. The summed E-state index contributed by atoms with van der Waals surface area (Å²) in [5.41, 5.74) is 1.41. The van der Waals surface area contributed by atoms with E-state index in [0.29, 0.717) is 5.71 Å². The molecular formula is C15H16FN3. The molecule has 2 rings (SSSR count). The molecule has 98 valence electrons. The Morgan fingerprint density at radius 3 is 2.58 bits per heavy atom. The zero-order chi connectivity index (χ0) is 13.8. The van der Waals surface area contributed by atoms with Crippen molar-refractivity contribution in [2.75, 3.05) is 0 Å². The number of rotatable bonds is 3. The quantitative estimate of drug-likeness (QED) is 0.512. The summed E-state index contributed by atoms with van der Waals surface area (Å²) in [5.74, 6) is 5.13. The lowest BCUT2D eigenvalue weighted by molar-refractivity contribution is 0.630. The maximum atomic E-state index is 13.2. The van der Waals surface area contributed by atoms with Crippen molar-refractivity contribution in [3.8, 4) is 0 Å². The molecule has 2 aromatic carbocycles. The highest BCUT2D eigenvalue weighted by Gasteiger charge is 2.03. The zero-order valence-electron chi connectivity index (χ0n) is 11.0. The Kier molecular flexibility index (Phi) is 3.90. The first kappa shape index (κ1) is 13.2. The van der Waals surface area contributed by atoms with Crippen LogP contribution >= 0.6 is 0 Å². The van der Waals surface area contributed by atoms with Crippen molar-refractivity contribution in [1.29, 1.82) is 0 Å². The molecule has 0 saturated carbocycles. The van der Waals surface area contributed by atoms with Gasteiger partial charge in [0, 0.05) is 17.8 Å². The third-order valence-electron chi connectivity index (χ3n) is 2.73. The van der Waals surface area contributed by atoms with Crippen molar-refractivity contribution in [2.45, 2.75) is 19.9 Å². The molecule has 0 spiro atoms. The SMILES string of the molecule is CC(C)N=C/C(=N\N)c1ccc2ccc(F)cc2c1. The van der Waals surface area contributed by atoms with Crippen LogP contribution in [0.1, 0.15) is 19.4 Å². The van der Waals surface area contributed by atoms with Gasteiger partial charge in [0.1, 0.15) is 11.5 Å². The monoisotopic (exact) mass is 257 g/mol. The summed E-state index contributed by atoms with van der Waals surface area (Å²) in [7, 11) is 0. The van der Waals surface area contributed by atoms with Gasteiger partial charge in [-0.3, -0.25) is 4.99 Å². The van der Waals surface area contributed by atoms with E-state index >= 15 is 0 Å². The van der Waals surface area contributed by atoms with E-state index in [1.807, 2.05) is 32.0 Å². The van der Waals surface area contributed by atoms with Crippen molar-refractivity contribution < 1.29 is 4.39 Å². The highest BCUT2D eigenvalue weighted by Crippen LogP contribution is 2.17. The molecule has 0 unspecified atom stereocenters. The lowest BCUT2D eigenvalue weighted by Crippen LogP contribution is -2.07. The van der Waals surface area contributed by atoms with Crippen LogP contribution in [0, 0.1) is 5.82 Å². The molecule has 0 bridgehead atoms. The molecule has 3 nitrogen and oxygen atoms in total. The fourth-order valence-electron chi connectivity index (χ4n) is 1.78. The lowest BCUT2D eigenvalue weighted by Gasteiger charge is -2.04. The van der Waals surface area contributed by atoms with Gasteiger partial charge in [-0.05, 0) is 42.8 Å². The summed E-state index contributed by atoms with van der Waals surface area (Å²) in [4.78, 5) is 4.26. The fourth-order valence-corrected chi connectivity index (χ4v) is 1.78. The average Bonchev–Trinajstić information content (AvgIpc) is 2.38. The van der Waals surface area contributed by atoms with Crippen molar-refractivity contribution in [3.63, 3.8) is 0 Å². The molecule has 0 radical (unpaired) electrons. The van der Waals surface area contributed by atoms with Crippen LogP contribution in [0.5, 0.6) is 0 Å². The van der Waals surface area contributed by atoms with Crippen LogP contribution in [0.15, 0.2) is 46.5 Å². The molecule has 0 fully saturated rings. The zero-order valence-corrected chi connectivity index (χ0v) is 11.0. The minimum Gasteiger partial charge on any atom is -0.323 e. The van der Waals surface area contributed by atoms with E-state index in [1.54, 1.807) is 12.3 Å². The van der Waals surface area contributed by atoms with E-state index in [9.17, 15) is 4.39 Å². The van der Waals surface area contributed by atoms with E-state index in [1.165, 1.54) is 12.1 Å². The van der Waals surface area contributed by atoms with Gasteiger partial charge in [-0.15, -0.1) is 0 Å². The summed E-state index contributed by atoms with van der Waals surface area (Å²) < 4.78 is 13.2. The first-order chi connectivity index (χ1) is 9.10. The number of halogens is 1. The summed E-state index contributed by atoms with van der Waals surface area (Å²) in [6.45, 7) is 3.95. The molecule has 0 aromatic heterocycles. The highest BCUT2D eigenvalue weighted by molar-refractivity contribution is 6.38. The van der Waals surface area contributed by atoms with Gasteiger partial charge in [0.15, 0.2) is 0 Å². The number of hydrazone groups is 1. The Bertz CT molecular complexity index is 645. The second-order valence-electron chi connectivity index (χ2n) is 4.59. The molecule has 2 N–H and O–H groups in total. The Morgan fingerprint density at radius 1 is 1.16 bits per heavy atom. The smallest absolute Gasteiger partial charge is 0.123 e. The molecule has 0 aliphatic heterocycles. The van der Waals surface area contributed by atoms with Gasteiger partial charge < -0.3 is 5.84 Å². The third kappa shape index (κ3) is 3.16. The summed E-state index contributed by atoms with van der Waals surface area (Å²) in [6.07, 6.45) is 1.64.